The predicted octanol–water partition coefficient (Wildman–Crippen LogP) is 3.88. The number of aryl methyl sites for hydroxylation is 1. The summed E-state index contributed by atoms with van der Waals surface area (Å²) < 4.78 is 7.69. The third-order valence-corrected chi connectivity index (χ3v) is 6.94. The molecule has 7 heteroatoms. The topological polar surface area (TPSA) is 66.9 Å². The standard InChI is InChI=1S/C24H31N5O2/c1-17-8-12-28(13-9-17)24(30)22-14-20(26-31-22)19-6-5-10-27(15-19)16-21-18(2)25-23-7-3-4-11-29(21)23/h3-4,7,11,14,17,19H,5-6,8-10,12-13,15-16H2,1-2H3/t19-/m0/s1. The van der Waals surface area contributed by atoms with Crippen LogP contribution in [0, 0.1) is 12.8 Å². The van der Waals surface area contributed by atoms with E-state index in [0.717, 1.165) is 75.4 Å². The van der Waals surface area contributed by atoms with Gasteiger partial charge in [0.25, 0.3) is 5.91 Å². The fourth-order valence-electron chi connectivity index (χ4n) is 4.96. The number of rotatable bonds is 4. The summed E-state index contributed by atoms with van der Waals surface area (Å²) in [5.74, 6) is 1.36. The molecular formula is C24H31N5O2. The van der Waals surface area contributed by atoms with Gasteiger partial charge < -0.3 is 13.8 Å². The zero-order valence-electron chi connectivity index (χ0n) is 18.5. The first-order chi connectivity index (χ1) is 15.1. The van der Waals surface area contributed by atoms with Crippen LogP contribution in [0.5, 0.6) is 0 Å². The Bertz CT molecular complexity index is 1060. The Labute approximate surface area is 183 Å². The van der Waals surface area contributed by atoms with Gasteiger partial charge in [0.1, 0.15) is 5.65 Å². The first-order valence-corrected chi connectivity index (χ1v) is 11.5. The molecule has 7 nitrogen and oxygen atoms in total. The van der Waals surface area contributed by atoms with Crippen LogP contribution in [-0.4, -0.2) is 56.4 Å². The third-order valence-electron chi connectivity index (χ3n) is 6.94. The molecule has 2 fully saturated rings. The highest BCUT2D eigenvalue weighted by Gasteiger charge is 2.29. The molecular weight excluding hydrogens is 390 g/mol. The molecule has 2 saturated heterocycles. The van der Waals surface area contributed by atoms with Crippen LogP contribution < -0.4 is 0 Å². The molecule has 0 bridgehead atoms. The number of pyridine rings is 1. The van der Waals surface area contributed by atoms with E-state index in [1.54, 1.807) is 0 Å². The minimum absolute atomic E-state index is 0.0142. The smallest absolute Gasteiger partial charge is 0.292 e. The van der Waals surface area contributed by atoms with Crippen LogP contribution in [-0.2, 0) is 6.54 Å². The fourth-order valence-corrected chi connectivity index (χ4v) is 4.96. The fraction of sp³-hybridized carbons (Fsp3) is 0.542. The summed E-state index contributed by atoms with van der Waals surface area (Å²) in [6, 6.07) is 8.00. The molecule has 0 aliphatic carbocycles. The van der Waals surface area contributed by atoms with Crippen molar-refractivity contribution in [2.24, 2.45) is 5.92 Å². The minimum atomic E-state index is -0.0142. The van der Waals surface area contributed by atoms with E-state index in [-0.39, 0.29) is 5.91 Å². The summed E-state index contributed by atoms with van der Waals surface area (Å²) in [5.41, 5.74) is 4.23. The van der Waals surface area contributed by atoms with Gasteiger partial charge in [-0.15, -0.1) is 0 Å². The Morgan fingerprint density at radius 3 is 2.87 bits per heavy atom. The molecule has 1 amide bonds. The van der Waals surface area contributed by atoms with Crippen molar-refractivity contribution >= 4 is 11.6 Å². The van der Waals surface area contributed by atoms with Crippen LogP contribution in [0.3, 0.4) is 0 Å². The lowest BCUT2D eigenvalue weighted by atomic mass is 9.94. The van der Waals surface area contributed by atoms with Crippen LogP contribution in [0.1, 0.15) is 66.2 Å². The Morgan fingerprint density at radius 2 is 2.03 bits per heavy atom. The van der Waals surface area contributed by atoms with E-state index in [1.807, 2.05) is 29.2 Å². The zero-order chi connectivity index (χ0) is 21.4. The van der Waals surface area contributed by atoms with Crippen LogP contribution in [0.25, 0.3) is 5.65 Å². The second kappa shape index (κ2) is 8.46. The molecule has 0 radical (unpaired) electrons. The maximum absolute atomic E-state index is 12.8. The molecule has 2 aliphatic rings. The second-order valence-corrected chi connectivity index (χ2v) is 9.24. The van der Waals surface area contributed by atoms with Crippen molar-refractivity contribution in [2.75, 3.05) is 26.2 Å². The Kier molecular flexibility index (Phi) is 5.52. The zero-order valence-corrected chi connectivity index (χ0v) is 18.5. The number of amides is 1. The van der Waals surface area contributed by atoms with Crippen molar-refractivity contribution in [3.05, 3.63) is 53.3 Å². The van der Waals surface area contributed by atoms with Crippen LogP contribution in [0.15, 0.2) is 35.0 Å². The molecule has 5 rings (SSSR count). The van der Waals surface area contributed by atoms with Gasteiger partial charge >= 0.3 is 0 Å². The number of fused-ring (bicyclic) bond motifs is 1. The van der Waals surface area contributed by atoms with Gasteiger partial charge in [-0.2, -0.15) is 0 Å². The molecule has 1 atom stereocenters. The number of piperidine rings is 2. The molecule has 3 aromatic rings. The van der Waals surface area contributed by atoms with Gasteiger partial charge in [0, 0.05) is 44.4 Å². The molecule has 0 saturated carbocycles. The third kappa shape index (κ3) is 4.11. The second-order valence-electron chi connectivity index (χ2n) is 9.24. The van der Waals surface area contributed by atoms with E-state index in [1.165, 1.54) is 5.69 Å². The van der Waals surface area contributed by atoms with Crippen LogP contribution in [0.4, 0.5) is 0 Å². The average molecular weight is 422 g/mol. The Morgan fingerprint density at radius 1 is 1.19 bits per heavy atom. The molecule has 31 heavy (non-hydrogen) atoms. The van der Waals surface area contributed by atoms with Crippen LogP contribution >= 0.6 is 0 Å². The number of likely N-dealkylation sites (tertiary alicyclic amines) is 2. The highest BCUT2D eigenvalue weighted by atomic mass is 16.5. The SMILES string of the molecule is Cc1nc2ccccn2c1CN1CCC[C@H](c2cc(C(=O)N3CCC(C)CC3)on2)C1. The summed E-state index contributed by atoms with van der Waals surface area (Å²) in [4.78, 5) is 21.9. The molecule has 0 spiro atoms. The van der Waals surface area contributed by atoms with Gasteiger partial charge in [-0.05, 0) is 57.2 Å². The number of hydrogen-bond acceptors (Lipinski definition) is 5. The maximum atomic E-state index is 12.8. The number of carbonyl (C=O) groups is 1. The molecule has 164 valence electrons. The van der Waals surface area contributed by atoms with E-state index < -0.39 is 0 Å². The van der Waals surface area contributed by atoms with E-state index >= 15 is 0 Å². The first kappa shape index (κ1) is 20.2. The van der Waals surface area contributed by atoms with E-state index in [4.69, 9.17) is 9.51 Å². The number of nitrogens with zero attached hydrogens (tertiary/aromatic N) is 5. The molecule has 5 heterocycles. The quantitative estimate of drug-likeness (QED) is 0.640. The predicted molar refractivity (Wildman–Crippen MR) is 118 cm³/mol. The lowest BCUT2D eigenvalue weighted by molar-refractivity contribution is 0.0655. The molecule has 3 aromatic heterocycles. The van der Waals surface area contributed by atoms with E-state index in [9.17, 15) is 4.79 Å². The number of carbonyl (C=O) groups excluding carboxylic acids is 1. The Hall–Kier alpha value is -2.67. The summed E-state index contributed by atoms with van der Waals surface area (Å²) in [6.07, 6.45) is 6.40. The van der Waals surface area contributed by atoms with Gasteiger partial charge in [-0.25, -0.2) is 4.98 Å². The highest BCUT2D eigenvalue weighted by Crippen LogP contribution is 2.29. The molecule has 2 aliphatic heterocycles. The van der Waals surface area contributed by atoms with Crippen molar-refractivity contribution < 1.29 is 9.32 Å². The number of imidazole rings is 1. The molecule has 0 aromatic carbocycles. The lowest BCUT2D eigenvalue weighted by Gasteiger charge is -2.31. The summed E-state index contributed by atoms with van der Waals surface area (Å²) in [7, 11) is 0. The van der Waals surface area contributed by atoms with Gasteiger partial charge in [-0.1, -0.05) is 18.1 Å². The largest absolute Gasteiger partial charge is 0.351 e. The summed E-state index contributed by atoms with van der Waals surface area (Å²) >= 11 is 0. The lowest BCUT2D eigenvalue weighted by Crippen LogP contribution is -2.37. The van der Waals surface area contributed by atoms with Gasteiger partial charge in [0.05, 0.1) is 17.1 Å². The normalized spacial score (nSPS) is 21.1. The molecule has 0 N–H and O–H groups in total. The van der Waals surface area contributed by atoms with Gasteiger partial charge in [0.15, 0.2) is 0 Å². The summed E-state index contributed by atoms with van der Waals surface area (Å²) in [6.45, 7) is 8.80. The highest BCUT2D eigenvalue weighted by molar-refractivity contribution is 5.91. The van der Waals surface area contributed by atoms with E-state index in [2.05, 4.69) is 34.5 Å². The first-order valence-electron chi connectivity index (χ1n) is 11.5. The van der Waals surface area contributed by atoms with Crippen molar-refractivity contribution in [1.82, 2.24) is 24.3 Å². The van der Waals surface area contributed by atoms with Gasteiger partial charge in [-0.3, -0.25) is 9.69 Å². The number of aromatic nitrogens is 3. The van der Waals surface area contributed by atoms with Crippen LogP contribution in [0.2, 0.25) is 0 Å². The summed E-state index contributed by atoms with van der Waals surface area (Å²) in [5, 5.41) is 4.30. The van der Waals surface area contributed by atoms with Crippen molar-refractivity contribution in [2.45, 2.75) is 52.0 Å². The Balaban J connectivity index is 1.26. The van der Waals surface area contributed by atoms with Crippen molar-refractivity contribution in [3.8, 4) is 0 Å². The average Bonchev–Trinajstić information content (AvgIpc) is 3.40. The monoisotopic (exact) mass is 421 g/mol. The van der Waals surface area contributed by atoms with Crippen molar-refractivity contribution in [3.63, 3.8) is 0 Å². The van der Waals surface area contributed by atoms with Gasteiger partial charge in [0.2, 0.25) is 5.76 Å². The number of hydrogen-bond donors (Lipinski definition) is 0. The van der Waals surface area contributed by atoms with E-state index in [0.29, 0.717) is 17.6 Å². The minimum Gasteiger partial charge on any atom is -0.351 e. The maximum Gasteiger partial charge on any atom is 0.292 e. The van der Waals surface area contributed by atoms with Crippen molar-refractivity contribution in [1.29, 1.82) is 0 Å². The molecule has 0 unspecified atom stereocenters.